The molecule has 1 fully saturated rings. The molecule has 29 heavy (non-hydrogen) atoms. The molecule has 0 spiro atoms. The molecule has 2 heterocycles. The number of ether oxygens (including phenoxy) is 1. The van der Waals surface area contributed by atoms with Crippen molar-refractivity contribution < 1.29 is 4.74 Å². The van der Waals surface area contributed by atoms with Crippen LogP contribution in [0.5, 0.6) is 5.88 Å². The monoisotopic (exact) mass is 391 g/mol. The molecular formula is C23H29N5O. The highest BCUT2D eigenvalue weighted by Crippen LogP contribution is 2.28. The van der Waals surface area contributed by atoms with E-state index in [1.807, 2.05) is 38.4 Å². The predicted octanol–water partition coefficient (Wildman–Crippen LogP) is 2.99. The first-order valence-electron chi connectivity index (χ1n) is 10.2. The van der Waals surface area contributed by atoms with Gasteiger partial charge in [-0.05, 0) is 57.5 Å². The van der Waals surface area contributed by atoms with Crippen LogP contribution >= 0.6 is 0 Å². The van der Waals surface area contributed by atoms with Gasteiger partial charge in [0.15, 0.2) is 5.82 Å². The largest absolute Gasteiger partial charge is 0.476 e. The van der Waals surface area contributed by atoms with Crippen LogP contribution in [0.25, 0.3) is 22.3 Å². The number of likely N-dealkylation sites (N-methyl/N-ethyl adjacent to an activating group) is 2. The van der Waals surface area contributed by atoms with Crippen LogP contribution in [0.3, 0.4) is 0 Å². The second-order valence-corrected chi connectivity index (χ2v) is 7.86. The summed E-state index contributed by atoms with van der Waals surface area (Å²) in [5, 5.41) is 0.948. The Hall–Kier alpha value is -2.70. The van der Waals surface area contributed by atoms with Crippen LogP contribution in [0.15, 0.2) is 48.5 Å². The number of piperazine rings is 1. The average molecular weight is 392 g/mol. The minimum absolute atomic E-state index is 0.593. The van der Waals surface area contributed by atoms with E-state index in [-0.39, 0.29) is 0 Å². The number of rotatable bonds is 6. The first kappa shape index (κ1) is 19.6. The van der Waals surface area contributed by atoms with E-state index in [1.165, 1.54) is 5.69 Å². The highest BCUT2D eigenvalue weighted by molar-refractivity contribution is 5.85. The summed E-state index contributed by atoms with van der Waals surface area (Å²) < 4.78 is 6.02. The Balaban J connectivity index is 1.59. The first-order valence-corrected chi connectivity index (χ1v) is 10.2. The van der Waals surface area contributed by atoms with Gasteiger partial charge >= 0.3 is 0 Å². The molecule has 0 atom stereocenters. The normalized spacial score (nSPS) is 15.2. The molecule has 4 rings (SSSR count). The lowest BCUT2D eigenvalue weighted by Gasteiger charge is -2.34. The van der Waals surface area contributed by atoms with Gasteiger partial charge < -0.3 is 19.4 Å². The summed E-state index contributed by atoms with van der Waals surface area (Å²) in [5.74, 6) is 1.35. The Morgan fingerprint density at radius 2 is 1.66 bits per heavy atom. The molecule has 0 saturated carbocycles. The maximum Gasteiger partial charge on any atom is 0.225 e. The second-order valence-electron chi connectivity index (χ2n) is 7.86. The van der Waals surface area contributed by atoms with Gasteiger partial charge in [0.25, 0.3) is 0 Å². The highest BCUT2D eigenvalue weighted by Gasteiger charge is 2.15. The van der Waals surface area contributed by atoms with Crippen molar-refractivity contribution in [3.8, 4) is 17.3 Å². The summed E-state index contributed by atoms with van der Waals surface area (Å²) >= 11 is 0. The Morgan fingerprint density at radius 3 is 2.38 bits per heavy atom. The zero-order valence-electron chi connectivity index (χ0n) is 17.5. The lowest BCUT2D eigenvalue weighted by atomic mass is 10.1. The van der Waals surface area contributed by atoms with Crippen LogP contribution in [0.1, 0.15) is 0 Å². The fourth-order valence-corrected chi connectivity index (χ4v) is 3.50. The van der Waals surface area contributed by atoms with Crippen LogP contribution in [0.2, 0.25) is 0 Å². The molecule has 0 radical (unpaired) electrons. The lowest BCUT2D eigenvalue weighted by Crippen LogP contribution is -2.44. The summed E-state index contributed by atoms with van der Waals surface area (Å²) in [6, 6.07) is 16.6. The second kappa shape index (κ2) is 8.76. The third kappa shape index (κ3) is 4.66. The maximum atomic E-state index is 6.02. The van der Waals surface area contributed by atoms with Crippen molar-refractivity contribution >= 4 is 16.6 Å². The van der Waals surface area contributed by atoms with E-state index in [1.54, 1.807) is 0 Å². The number of aromatic nitrogens is 2. The molecular weight excluding hydrogens is 362 g/mol. The maximum absolute atomic E-state index is 6.02. The average Bonchev–Trinajstić information content (AvgIpc) is 2.74. The topological polar surface area (TPSA) is 44.7 Å². The van der Waals surface area contributed by atoms with Gasteiger partial charge in [0.1, 0.15) is 6.61 Å². The van der Waals surface area contributed by atoms with Crippen molar-refractivity contribution in [2.24, 2.45) is 0 Å². The van der Waals surface area contributed by atoms with E-state index in [9.17, 15) is 0 Å². The zero-order valence-corrected chi connectivity index (χ0v) is 17.5. The molecule has 1 saturated heterocycles. The molecule has 0 amide bonds. The van der Waals surface area contributed by atoms with Gasteiger partial charge in [0.05, 0.1) is 10.9 Å². The van der Waals surface area contributed by atoms with Crippen molar-refractivity contribution in [3.63, 3.8) is 0 Å². The standard InChI is InChI=1S/C23H29N5O/c1-26(2)16-17-29-23-20-6-4-5-7-21(20)24-22(25-23)18-8-10-19(11-9-18)28-14-12-27(3)13-15-28/h4-11H,12-17H2,1-3H3. The summed E-state index contributed by atoms with van der Waals surface area (Å²) in [7, 11) is 6.25. The van der Waals surface area contributed by atoms with E-state index in [4.69, 9.17) is 14.7 Å². The van der Waals surface area contributed by atoms with E-state index in [2.05, 4.69) is 46.0 Å². The fraction of sp³-hybridized carbons (Fsp3) is 0.391. The quantitative estimate of drug-likeness (QED) is 0.644. The van der Waals surface area contributed by atoms with Crippen LogP contribution < -0.4 is 9.64 Å². The lowest BCUT2D eigenvalue weighted by molar-refractivity contribution is 0.256. The number of anilines is 1. The van der Waals surface area contributed by atoms with Crippen molar-refractivity contribution in [2.45, 2.75) is 0 Å². The fourth-order valence-electron chi connectivity index (χ4n) is 3.50. The third-order valence-corrected chi connectivity index (χ3v) is 5.34. The van der Waals surface area contributed by atoms with Crippen LogP contribution in [-0.4, -0.2) is 80.2 Å². The van der Waals surface area contributed by atoms with Gasteiger partial charge in [0.2, 0.25) is 5.88 Å². The molecule has 6 nitrogen and oxygen atoms in total. The van der Waals surface area contributed by atoms with E-state index in [0.717, 1.165) is 49.2 Å². The number of para-hydroxylation sites is 1. The van der Waals surface area contributed by atoms with Gasteiger partial charge in [0, 0.05) is 44.0 Å². The SMILES string of the molecule is CN(C)CCOc1nc(-c2ccc(N3CCN(C)CC3)cc2)nc2ccccc12. The molecule has 0 bridgehead atoms. The van der Waals surface area contributed by atoms with E-state index in [0.29, 0.717) is 18.3 Å². The van der Waals surface area contributed by atoms with Crippen molar-refractivity contribution in [3.05, 3.63) is 48.5 Å². The van der Waals surface area contributed by atoms with Gasteiger partial charge in [-0.1, -0.05) is 12.1 Å². The van der Waals surface area contributed by atoms with Crippen LogP contribution in [0.4, 0.5) is 5.69 Å². The van der Waals surface area contributed by atoms with Gasteiger partial charge in [-0.15, -0.1) is 0 Å². The van der Waals surface area contributed by atoms with E-state index >= 15 is 0 Å². The van der Waals surface area contributed by atoms with Gasteiger partial charge in [-0.3, -0.25) is 0 Å². The van der Waals surface area contributed by atoms with Crippen molar-refractivity contribution in [1.82, 2.24) is 19.8 Å². The minimum atomic E-state index is 0.593. The highest BCUT2D eigenvalue weighted by atomic mass is 16.5. The van der Waals surface area contributed by atoms with Crippen molar-refractivity contribution in [1.29, 1.82) is 0 Å². The van der Waals surface area contributed by atoms with E-state index < -0.39 is 0 Å². The molecule has 0 aliphatic carbocycles. The number of benzene rings is 2. The summed E-state index contributed by atoms with van der Waals surface area (Å²) in [6.07, 6.45) is 0. The molecule has 0 N–H and O–H groups in total. The number of nitrogens with zero attached hydrogens (tertiary/aromatic N) is 5. The molecule has 0 unspecified atom stereocenters. The zero-order chi connectivity index (χ0) is 20.2. The number of hydrogen-bond donors (Lipinski definition) is 0. The van der Waals surface area contributed by atoms with Crippen molar-refractivity contribution in [2.75, 3.05) is 65.4 Å². The minimum Gasteiger partial charge on any atom is -0.476 e. The Labute approximate surface area is 172 Å². The Morgan fingerprint density at radius 1 is 0.931 bits per heavy atom. The molecule has 3 aromatic rings. The Kier molecular flexibility index (Phi) is 5.92. The molecule has 1 aromatic heterocycles. The molecule has 152 valence electrons. The van der Waals surface area contributed by atoms with Gasteiger partial charge in [-0.2, -0.15) is 4.98 Å². The Bertz CT molecular complexity index is 949. The summed E-state index contributed by atoms with van der Waals surface area (Å²) in [5.41, 5.74) is 3.16. The predicted molar refractivity (Wildman–Crippen MR) is 119 cm³/mol. The summed E-state index contributed by atoms with van der Waals surface area (Å²) in [4.78, 5) is 16.4. The molecule has 1 aliphatic rings. The molecule has 2 aromatic carbocycles. The number of fused-ring (bicyclic) bond motifs is 1. The smallest absolute Gasteiger partial charge is 0.225 e. The third-order valence-electron chi connectivity index (χ3n) is 5.34. The van der Waals surface area contributed by atoms with Crippen LogP contribution in [-0.2, 0) is 0 Å². The van der Waals surface area contributed by atoms with Gasteiger partial charge in [-0.25, -0.2) is 4.98 Å². The number of hydrogen-bond acceptors (Lipinski definition) is 6. The first-order chi connectivity index (χ1) is 14.1. The molecule has 6 heteroatoms. The molecule has 1 aliphatic heterocycles. The summed E-state index contributed by atoms with van der Waals surface area (Å²) in [6.45, 7) is 5.76. The van der Waals surface area contributed by atoms with Crippen LogP contribution in [0, 0.1) is 0 Å².